The molecule has 0 aromatic rings. The maximum Gasteiger partial charge on any atom is 0.147 e. The third-order valence-corrected chi connectivity index (χ3v) is 7.44. The Morgan fingerprint density at radius 2 is 1.88 bits per heavy atom. The van der Waals surface area contributed by atoms with Crippen molar-refractivity contribution < 1.29 is 24.2 Å². The number of nitrogens with one attached hydrogen (secondary N) is 1. The van der Waals surface area contributed by atoms with Gasteiger partial charge in [-0.3, -0.25) is 0 Å². The van der Waals surface area contributed by atoms with Crippen molar-refractivity contribution >= 4 is 0 Å². The summed E-state index contributed by atoms with van der Waals surface area (Å²) < 4.78 is 17.1. The van der Waals surface area contributed by atoms with Gasteiger partial charge in [0.15, 0.2) is 0 Å². The van der Waals surface area contributed by atoms with Crippen LogP contribution in [-0.4, -0.2) is 63.1 Å². The van der Waals surface area contributed by atoms with E-state index in [0.29, 0.717) is 24.9 Å². The molecular weight excluding hydrogens is 306 g/mol. The summed E-state index contributed by atoms with van der Waals surface area (Å²) in [7, 11) is 4.12. The normalized spacial score (nSPS) is 51.9. The van der Waals surface area contributed by atoms with Crippen LogP contribution in [0.1, 0.15) is 44.9 Å². The lowest BCUT2D eigenvalue weighted by molar-refractivity contribution is -0.919. The Morgan fingerprint density at radius 3 is 2.67 bits per heavy atom. The molecule has 2 heterocycles. The van der Waals surface area contributed by atoms with E-state index < -0.39 is 0 Å². The summed E-state index contributed by atoms with van der Waals surface area (Å²) in [4.78, 5) is 1.70. The monoisotopic (exact) mass is 340 g/mol. The van der Waals surface area contributed by atoms with Crippen LogP contribution < -0.4 is 4.90 Å². The number of piperidine rings is 1. The molecule has 24 heavy (non-hydrogen) atoms. The molecule has 0 amide bonds. The van der Waals surface area contributed by atoms with Gasteiger partial charge in [0, 0.05) is 19.4 Å². The van der Waals surface area contributed by atoms with Crippen molar-refractivity contribution in [3.63, 3.8) is 0 Å². The number of fused-ring (bicyclic) bond motifs is 2. The second-order valence-electron chi connectivity index (χ2n) is 8.67. The van der Waals surface area contributed by atoms with E-state index in [9.17, 15) is 5.11 Å². The van der Waals surface area contributed by atoms with Gasteiger partial charge >= 0.3 is 0 Å². The number of quaternary nitrogens is 1. The summed E-state index contributed by atoms with van der Waals surface area (Å²) in [5.41, 5.74) is 0. The van der Waals surface area contributed by atoms with Gasteiger partial charge in [0.2, 0.25) is 0 Å². The van der Waals surface area contributed by atoms with Crippen LogP contribution in [-0.2, 0) is 14.2 Å². The lowest BCUT2D eigenvalue weighted by atomic mass is 9.66. The Hall–Kier alpha value is -0.200. The second-order valence-corrected chi connectivity index (χ2v) is 8.67. The standard InChI is InChI=1S/C19H33NO4/c1-20-6-5-13-9-18-19(24-11-23-18)10-14(13)15(20)7-12-3-4-16(21)17(8-12)22-2/h12-19,21H,3-11H2,1-2H3/p+1. The van der Waals surface area contributed by atoms with Gasteiger partial charge in [-0.15, -0.1) is 0 Å². The highest BCUT2D eigenvalue weighted by atomic mass is 16.7. The van der Waals surface area contributed by atoms with Crippen LogP contribution >= 0.6 is 0 Å². The molecule has 2 N–H and O–H groups in total. The molecule has 4 rings (SSSR count). The van der Waals surface area contributed by atoms with Crippen molar-refractivity contribution in [2.45, 2.75) is 75.4 Å². The van der Waals surface area contributed by atoms with Crippen LogP contribution in [0.4, 0.5) is 0 Å². The summed E-state index contributed by atoms with van der Waals surface area (Å²) in [6.45, 7) is 1.78. The third-order valence-electron chi connectivity index (χ3n) is 7.44. The molecule has 2 saturated heterocycles. The minimum atomic E-state index is -0.269. The van der Waals surface area contributed by atoms with Crippen molar-refractivity contribution in [1.29, 1.82) is 0 Å². The summed E-state index contributed by atoms with van der Waals surface area (Å²) in [5.74, 6) is 2.28. The number of rotatable bonds is 3. The van der Waals surface area contributed by atoms with E-state index in [2.05, 4.69) is 7.05 Å². The van der Waals surface area contributed by atoms with Crippen molar-refractivity contribution in [3.05, 3.63) is 0 Å². The third kappa shape index (κ3) is 3.26. The van der Waals surface area contributed by atoms with Crippen LogP contribution in [0.15, 0.2) is 0 Å². The molecule has 138 valence electrons. The average Bonchev–Trinajstić information content (AvgIpc) is 3.04. The van der Waals surface area contributed by atoms with Gasteiger partial charge in [-0.2, -0.15) is 0 Å². The molecule has 2 aliphatic heterocycles. The second kappa shape index (κ2) is 7.20. The van der Waals surface area contributed by atoms with Gasteiger partial charge in [0.05, 0.1) is 44.1 Å². The number of ether oxygens (including phenoxy) is 3. The number of aliphatic hydroxyl groups is 1. The molecule has 9 unspecified atom stereocenters. The summed E-state index contributed by atoms with van der Waals surface area (Å²) in [5, 5.41) is 10.1. The van der Waals surface area contributed by atoms with E-state index in [-0.39, 0.29) is 12.2 Å². The molecule has 0 aromatic heterocycles. The molecular formula is C19H34NO4+. The summed E-state index contributed by atoms with van der Waals surface area (Å²) >= 11 is 0. The minimum Gasteiger partial charge on any atom is -0.390 e. The predicted octanol–water partition coefficient (Wildman–Crippen LogP) is 0.607. The first kappa shape index (κ1) is 17.2. The zero-order valence-electron chi connectivity index (χ0n) is 15.2. The van der Waals surface area contributed by atoms with E-state index >= 15 is 0 Å². The predicted molar refractivity (Wildman–Crippen MR) is 89.7 cm³/mol. The first-order chi connectivity index (χ1) is 11.7. The topological polar surface area (TPSA) is 52.4 Å². The van der Waals surface area contributed by atoms with Gasteiger partial charge in [0.25, 0.3) is 0 Å². The lowest BCUT2D eigenvalue weighted by Gasteiger charge is -2.47. The summed E-state index contributed by atoms with van der Waals surface area (Å²) in [6.07, 6.45) is 8.50. The van der Waals surface area contributed by atoms with Gasteiger partial charge in [-0.25, -0.2) is 0 Å². The highest BCUT2D eigenvalue weighted by molar-refractivity contribution is 4.94. The van der Waals surface area contributed by atoms with E-state index in [4.69, 9.17) is 14.2 Å². The molecule has 5 heteroatoms. The van der Waals surface area contributed by atoms with Crippen LogP contribution in [0.3, 0.4) is 0 Å². The molecule has 2 saturated carbocycles. The molecule has 2 aliphatic carbocycles. The number of aliphatic hydroxyl groups excluding tert-OH is 1. The zero-order chi connectivity index (χ0) is 16.7. The largest absolute Gasteiger partial charge is 0.390 e. The Morgan fingerprint density at radius 1 is 1.08 bits per heavy atom. The molecule has 4 fully saturated rings. The molecule has 9 atom stereocenters. The van der Waals surface area contributed by atoms with Gasteiger partial charge < -0.3 is 24.2 Å². The molecule has 5 nitrogen and oxygen atoms in total. The zero-order valence-corrected chi connectivity index (χ0v) is 15.2. The average molecular weight is 340 g/mol. The minimum absolute atomic E-state index is 0.0331. The number of hydrogen-bond acceptors (Lipinski definition) is 4. The van der Waals surface area contributed by atoms with E-state index in [1.54, 1.807) is 12.0 Å². The maximum atomic E-state index is 10.1. The molecule has 0 aromatic carbocycles. The fourth-order valence-electron chi connectivity index (χ4n) is 5.99. The van der Waals surface area contributed by atoms with Crippen LogP contribution in [0.5, 0.6) is 0 Å². The molecule has 0 bridgehead atoms. The smallest absolute Gasteiger partial charge is 0.147 e. The lowest BCUT2D eigenvalue weighted by Crippen LogP contribution is -3.15. The summed E-state index contributed by atoms with van der Waals surface area (Å²) in [6, 6.07) is 0.728. The Balaban J connectivity index is 1.42. The van der Waals surface area contributed by atoms with Crippen molar-refractivity contribution in [2.24, 2.45) is 17.8 Å². The maximum absolute atomic E-state index is 10.1. The van der Waals surface area contributed by atoms with Crippen molar-refractivity contribution in [2.75, 3.05) is 27.5 Å². The van der Waals surface area contributed by atoms with Gasteiger partial charge in [-0.05, 0) is 50.4 Å². The van der Waals surface area contributed by atoms with E-state index in [1.165, 1.54) is 32.2 Å². The molecule has 0 radical (unpaired) electrons. The Kier molecular flexibility index (Phi) is 5.17. The highest BCUT2D eigenvalue weighted by Gasteiger charge is 2.49. The molecule has 4 aliphatic rings. The Bertz CT molecular complexity index is 434. The van der Waals surface area contributed by atoms with Gasteiger partial charge in [-0.1, -0.05) is 0 Å². The first-order valence-electron chi connectivity index (χ1n) is 9.92. The van der Waals surface area contributed by atoms with E-state index in [1.807, 2.05) is 0 Å². The number of methoxy groups -OCH3 is 1. The molecule has 0 spiro atoms. The highest BCUT2D eigenvalue weighted by Crippen LogP contribution is 2.42. The SMILES string of the molecule is COC1CC(CC2C3CC4OCOC4CC3CC[NH+]2C)CCC1O. The quantitative estimate of drug-likeness (QED) is 0.790. The van der Waals surface area contributed by atoms with Crippen molar-refractivity contribution in [3.8, 4) is 0 Å². The van der Waals surface area contributed by atoms with Crippen LogP contribution in [0, 0.1) is 17.8 Å². The fourth-order valence-corrected chi connectivity index (χ4v) is 5.99. The van der Waals surface area contributed by atoms with Crippen LogP contribution in [0.2, 0.25) is 0 Å². The first-order valence-corrected chi connectivity index (χ1v) is 9.92. The van der Waals surface area contributed by atoms with Crippen molar-refractivity contribution in [1.82, 2.24) is 0 Å². The number of likely N-dealkylation sites (tertiary alicyclic amines) is 1. The van der Waals surface area contributed by atoms with Crippen LogP contribution in [0.25, 0.3) is 0 Å². The van der Waals surface area contributed by atoms with Gasteiger partial charge in [0.1, 0.15) is 6.79 Å². The van der Waals surface area contributed by atoms with E-state index in [0.717, 1.165) is 37.1 Å². The fraction of sp³-hybridized carbons (Fsp3) is 1.00. The number of hydrogen-bond donors (Lipinski definition) is 2. The Labute approximate surface area is 145 Å².